The number of carboxylic acid groups (broad SMARTS) is 1. The predicted molar refractivity (Wildman–Crippen MR) is 77.0 cm³/mol. The van der Waals surface area contributed by atoms with Crippen LogP contribution in [0.2, 0.25) is 0 Å². The van der Waals surface area contributed by atoms with Crippen molar-refractivity contribution in [1.82, 2.24) is 10.6 Å². The van der Waals surface area contributed by atoms with Crippen LogP contribution in [0.15, 0.2) is 24.3 Å². The summed E-state index contributed by atoms with van der Waals surface area (Å²) in [7, 11) is 0. The largest absolute Gasteiger partial charge is 0.478 e. The zero-order chi connectivity index (χ0) is 15.2. The van der Waals surface area contributed by atoms with Crippen molar-refractivity contribution < 1.29 is 19.8 Å². The van der Waals surface area contributed by atoms with Gasteiger partial charge in [0, 0.05) is 13.1 Å². The maximum atomic E-state index is 11.6. The molecule has 1 unspecified atom stereocenters. The number of aromatic carboxylic acids is 1. The highest BCUT2D eigenvalue weighted by atomic mass is 16.4. The van der Waals surface area contributed by atoms with Crippen LogP contribution in [-0.4, -0.2) is 34.9 Å². The number of hydrogen-bond donors (Lipinski definition) is 4. The van der Waals surface area contributed by atoms with Gasteiger partial charge in [-0.1, -0.05) is 18.6 Å². The monoisotopic (exact) mass is 292 g/mol. The van der Waals surface area contributed by atoms with E-state index in [9.17, 15) is 14.7 Å². The van der Waals surface area contributed by atoms with E-state index in [1.807, 2.05) is 0 Å². The number of aliphatic hydroxyl groups is 1. The third kappa shape index (κ3) is 4.46. The van der Waals surface area contributed by atoms with Crippen LogP contribution in [0.3, 0.4) is 0 Å². The molecule has 4 N–H and O–H groups in total. The molecule has 0 heterocycles. The molecule has 0 aliphatic heterocycles. The summed E-state index contributed by atoms with van der Waals surface area (Å²) in [5.74, 6) is -0.661. The smallest absolute Gasteiger partial charge is 0.335 e. The fourth-order valence-corrected chi connectivity index (χ4v) is 2.20. The first kappa shape index (κ1) is 15.3. The number of benzene rings is 1. The van der Waals surface area contributed by atoms with E-state index in [0.717, 1.165) is 24.8 Å². The zero-order valence-corrected chi connectivity index (χ0v) is 11.7. The average molecular weight is 292 g/mol. The van der Waals surface area contributed by atoms with E-state index in [0.29, 0.717) is 12.5 Å². The Hall–Kier alpha value is -2.08. The third-order valence-electron chi connectivity index (χ3n) is 3.82. The number of nitrogens with one attached hydrogen (secondary N) is 2. The van der Waals surface area contributed by atoms with Gasteiger partial charge in [0.1, 0.15) is 0 Å². The molecule has 1 aliphatic rings. The summed E-state index contributed by atoms with van der Waals surface area (Å²) in [6, 6.07) is 5.98. The molecule has 0 bridgehead atoms. The molecule has 1 fully saturated rings. The molecule has 2 rings (SSSR count). The Labute approximate surface area is 123 Å². The van der Waals surface area contributed by atoms with Crippen LogP contribution in [0, 0.1) is 5.92 Å². The molecule has 0 spiro atoms. The number of urea groups is 1. The van der Waals surface area contributed by atoms with Crippen molar-refractivity contribution in [3.8, 4) is 0 Å². The van der Waals surface area contributed by atoms with E-state index in [1.165, 1.54) is 12.1 Å². The molecule has 1 atom stereocenters. The Balaban J connectivity index is 1.69. The molecule has 0 aromatic heterocycles. The van der Waals surface area contributed by atoms with Crippen molar-refractivity contribution in [2.75, 3.05) is 6.54 Å². The molecule has 114 valence electrons. The highest BCUT2D eigenvalue weighted by molar-refractivity contribution is 5.87. The lowest BCUT2D eigenvalue weighted by Crippen LogP contribution is -2.42. The zero-order valence-electron chi connectivity index (χ0n) is 11.7. The van der Waals surface area contributed by atoms with E-state index in [1.54, 1.807) is 12.1 Å². The highest BCUT2D eigenvalue weighted by Crippen LogP contribution is 2.29. The van der Waals surface area contributed by atoms with Gasteiger partial charge in [-0.05, 0) is 36.5 Å². The van der Waals surface area contributed by atoms with Gasteiger partial charge in [0.25, 0.3) is 0 Å². The topological polar surface area (TPSA) is 98.7 Å². The molecule has 6 nitrogen and oxygen atoms in total. The molecular formula is C15H20N2O4. The van der Waals surface area contributed by atoms with Crippen molar-refractivity contribution in [2.45, 2.75) is 31.9 Å². The van der Waals surface area contributed by atoms with Crippen LogP contribution >= 0.6 is 0 Å². The average Bonchev–Trinajstić information content (AvgIpc) is 2.41. The first-order chi connectivity index (χ1) is 10.1. The van der Waals surface area contributed by atoms with Crippen molar-refractivity contribution in [3.05, 3.63) is 35.4 Å². The summed E-state index contributed by atoms with van der Waals surface area (Å²) in [5, 5.41) is 23.9. The molecule has 6 heteroatoms. The van der Waals surface area contributed by atoms with Gasteiger partial charge in [-0.25, -0.2) is 9.59 Å². The van der Waals surface area contributed by atoms with E-state index >= 15 is 0 Å². The number of aliphatic hydroxyl groups excluding tert-OH is 1. The highest BCUT2D eigenvalue weighted by Gasteiger charge is 2.25. The lowest BCUT2D eigenvalue weighted by atomic mass is 9.81. The van der Waals surface area contributed by atoms with Crippen LogP contribution in [0.4, 0.5) is 4.79 Å². The molecule has 2 amide bonds. The molecule has 0 radical (unpaired) electrons. The minimum Gasteiger partial charge on any atom is -0.478 e. The Kier molecular flexibility index (Phi) is 5.16. The van der Waals surface area contributed by atoms with Gasteiger partial charge in [0.2, 0.25) is 0 Å². The second kappa shape index (κ2) is 7.08. The molecule has 1 saturated carbocycles. The predicted octanol–water partition coefficient (Wildman–Crippen LogP) is 1.34. The number of amides is 2. The van der Waals surface area contributed by atoms with Gasteiger partial charge in [-0.3, -0.25) is 0 Å². The van der Waals surface area contributed by atoms with Crippen LogP contribution in [0.1, 0.15) is 35.2 Å². The molecule has 21 heavy (non-hydrogen) atoms. The minimum absolute atomic E-state index is 0.215. The number of carboxylic acids is 1. The Morgan fingerprint density at radius 1 is 1.19 bits per heavy atom. The number of carbonyl (C=O) groups excluding carboxylic acids is 1. The summed E-state index contributed by atoms with van der Waals surface area (Å²) in [6.07, 6.45) is 2.74. The van der Waals surface area contributed by atoms with Gasteiger partial charge < -0.3 is 20.8 Å². The van der Waals surface area contributed by atoms with Crippen molar-refractivity contribution >= 4 is 12.0 Å². The summed E-state index contributed by atoms with van der Waals surface area (Å²) in [4.78, 5) is 22.3. The first-order valence-corrected chi connectivity index (χ1v) is 7.08. The summed E-state index contributed by atoms with van der Waals surface area (Å²) < 4.78 is 0. The van der Waals surface area contributed by atoms with Crippen molar-refractivity contribution in [1.29, 1.82) is 0 Å². The normalized spacial score (nSPS) is 15.9. The summed E-state index contributed by atoms with van der Waals surface area (Å²) in [5.41, 5.74) is 1.03. The Morgan fingerprint density at radius 2 is 1.86 bits per heavy atom. The van der Waals surface area contributed by atoms with Crippen molar-refractivity contribution in [3.63, 3.8) is 0 Å². The lowest BCUT2D eigenvalue weighted by molar-refractivity contribution is 0.0642. The summed E-state index contributed by atoms with van der Waals surface area (Å²) >= 11 is 0. The second-order valence-corrected chi connectivity index (χ2v) is 5.32. The van der Waals surface area contributed by atoms with E-state index < -0.39 is 12.1 Å². The minimum atomic E-state index is -0.975. The van der Waals surface area contributed by atoms with E-state index in [2.05, 4.69) is 10.6 Å². The van der Waals surface area contributed by atoms with Gasteiger partial charge in [-0.15, -0.1) is 0 Å². The van der Waals surface area contributed by atoms with Gasteiger partial charge in [0.05, 0.1) is 11.7 Å². The molecular weight excluding hydrogens is 272 g/mol. The standard InChI is InChI=1S/C15H20N2O4/c18-13(11-2-1-3-11)9-17-15(21)16-8-10-4-6-12(7-5-10)14(19)20/h4-7,11,13,18H,1-3,8-9H2,(H,19,20)(H2,16,17,21). The Bertz CT molecular complexity index is 497. The number of carbonyl (C=O) groups is 2. The van der Waals surface area contributed by atoms with Gasteiger partial charge >= 0.3 is 12.0 Å². The van der Waals surface area contributed by atoms with Crippen LogP contribution in [0.5, 0.6) is 0 Å². The van der Waals surface area contributed by atoms with E-state index in [4.69, 9.17) is 5.11 Å². The van der Waals surface area contributed by atoms with E-state index in [-0.39, 0.29) is 18.1 Å². The maximum Gasteiger partial charge on any atom is 0.335 e. The molecule has 1 aromatic carbocycles. The van der Waals surface area contributed by atoms with Crippen molar-refractivity contribution in [2.24, 2.45) is 5.92 Å². The second-order valence-electron chi connectivity index (χ2n) is 5.32. The third-order valence-corrected chi connectivity index (χ3v) is 3.82. The SMILES string of the molecule is O=C(NCc1ccc(C(=O)O)cc1)NCC(O)C1CCC1. The number of hydrogen-bond acceptors (Lipinski definition) is 3. The molecule has 1 aromatic rings. The fourth-order valence-electron chi connectivity index (χ4n) is 2.20. The number of rotatable bonds is 6. The van der Waals surface area contributed by atoms with Crippen LogP contribution in [-0.2, 0) is 6.54 Å². The lowest BCUT2D eigenvalue weighted by Gasteiger charge is -2.30. The van der Waals surface area contributed by atoms with Crippen LogP contribution < -0.4 is 10.6 Å². The molecule has 1 aliphatic carbocycles. The molecule has 0 saturated heterocycles. The van der Waals surface area contributed by atoms with Gasteiger partial charge in [0.15, 0.2) is 0 Å². The van der Waals surface area contributed by atoms with Gasteiger partial charge in [-0.2, -0.15) is 0 Å². The quantitative estimate of drug-likeness (QED) is 0.636. The fraction of sp³-hybridized carbons (Fsp3) is 0.467. The first-order valence-electron chi connectivity index (χ1n) is 7.08. The Morgan fingerprint density at radius 3 is 2.38 bits per heavy atom. The summed E-state index contributed by atoms with van der Waals surface area (Å²) in [6.45, 7) is 0.569. The van der Waals surface area contributed by atoms with Crippen LogP contribution in [0.25, 0.3) is 0 Å². The maximum absolute atomic E-state index is 11.6.